The van der Waals surface area contributed by atoms with Crippen molar-refractivity contribution in [3.8, 4) is 0 Å². The van der Waals surface area contributed by atoms with Crippen molar-refractivity contribution in [2.75, 3.05) is 13.2 Å². The van der Waals surface area contributed by atoms with Gasteiger partial charge in [0, 0.05) is 19.3 Å². The normalized spacial score (nSPS) is 12.6. The van der Waals surface area contributed by atoms with Crippen LogP contribution in [0.2, 0.25) is 0 Å². The molecular weight excluding hydrogens is 901 g/mol. The molecule has 73 heavy (non-hydrogen) atoms. The molecule has 6 heteroatoms. The van der Waals surface area contributed by atoms with Crippen molar-refractivity contribution in [2.24, 2.45) is 0 Å². The molecule has 0 amide bonds. The van der Waals surface area contributed by atoms with Gasteiger partial charge in [0.2, 0.25) is 0 Å². The van der Waals surface area contributed by atoms with E-state index in [0.717, 1.165) is 122 Å². The Bertz CT molecular complexity index is 1400. The van der Waals surface area contributed by atoms with Crippen LogP contribution in [0.3, 0.4) is 0 Å². The van der Waals surface area contributed by atoms with Crippen molar-refractivity contribution in [1.29, 1.82) is 0 Å². The van der Waals surface area contributed by atoms with Crippen LogP contribution >= 0.6 is 0 Å². The van der Waals surface area contributed by atoms with Gasteiger partial charge in [0.1, 0.15) is 13.2 Å². The molecular formula is C67H116O6. The third-order valence-corrected chi connectivity index (χ3v) is 13.4. The predicted molar refractivity (Wildman–Crippen MR) is 316 cm³/mol. The molecule has 0 heterocycles. The van der Waals surface area contributed by atoms with E-state index < -0.39 is 6.10 Å². The lowest BCUT2D eigenvalue weighted by Crippen LogP contribution is -2.30. The lowest BCUT2D eigenvalue weighted by Gasteiger charge is -2.18. The molecule has 0 aliphatic heterocycles. The lowest BCUT2D eigenvalue weighted by atomic mass is 10.0. The maximum absolute atomic E-state index is 12.9. The van der Waals surface area contributed by atoms with Crippen LogP contribution in [0, 0.1) is 0 Å². The number of hydrogen-bond acceptors (Lipinski definition) is 6. The van der Waals surface area contributed by atoms with Crippen LogP contribution in [0.15, 0.2) is 85.1 Å². The maximum atomic E-state index is 12.9. The van der Waals surface area contributed by atoms with E-state index >= 15 is 0 Å². The zero-order valence-electron chi connectivity index (χ0n) is 48.1. The van der Waals surface area contributed by atoms with Gasteiger partial charge in [0.25, 0.3) is 0 Å². The molecule has 0 bridgehead atoms. The number of rotatable bonds is 56. The first kappa shape index (κ1) is 69.6. The summed E-state index contributed by atoms with van der Waals surface area (Å²) in [6.07, 6.45) is 80.1. The molecule has 0 radical (unpaired) electrons. The van der Waals surface area contributed by atoms with E-state index in [1.807, 2.05) is 0 Å². The van der Waals surface area contributed by atoms with Crippen molar-refractivity contribution in [3.63, 3.8) is 0 Å². The van der Waals surface area contributed by atoms with Crippen LogP contribution in [-0.4, -0.2) is 37.2 Å². The molecule has 0 saturated heterocycles. The lowest BCUT2D eigenvalue weighted by molar-refractivity contribution is -0.167. The fraction of sp³-hybridized carbons (Fsp3) is 0.746. The highest BCUT2D eigenvalue weighted by Crippen LogP contribution is 2.16. The summed E-state index contributed by atoms with van der Waals surface area (Å²) in [7, 11) is 0. The smallest absolute Gasteiger partial charge is 0.306 e. The SMILES string of the molecule is CC/C=C\C/C=C\C/C=C\C/C=C\C/C=C\CCCCCC(=O)OC(COC(=O)CCCCCCC/C=C\C/C=C\CCCCCC)COC(=O)CCCCCCCCCCCCCCCCCCCCCC. The molecule has 0 aromatic carbocycles. The second-order valence-corrected chi connectivity index (χ2v) is 20.6. The van der Waals surface area contributed by atoms with Gasteiger partial charge in [-0.05, 0) is 96.3 Å². The summed E-state index contributed by atoms with van der Waals surface area (Å²) in [5.41, 5.74) is 0. The fourth-order valence-corrected chi connectivity index (χ4v) is 8.74. The summed E-state index contributed by atoms with van der Waals surface area (Å²) in [4.78, 5) is 38.3. The first-order chi connectivity index (χ1) is 36.0. The standard InChI is InChI=1S/C67H116O6/c1-4-7-10-13-16-19-22-25-28-31-33-35-36-39-42-45-48-51-54-57-60-66(69)72-63-64(62-71-65(68)59-56-53-50-47-44-41-38-30-27-24-21-18-15-12-9-6-3)73-67(70)61-58-55-52-49-46-43-40-37-34-32-29-26-23-20-17-14-11-8-5-2/h8,11,17,20-21,24,26,29-30,34,37-38,43,46,64H,4-7,9-10,12-16,18-19,22-23,25,27-28,31-33,35-36,39-42,44-45,47-63H2,1-3H3/b11-8-,20-17-,24-21-,29-26-,37-34-,38-30-,46-43-. The van der Waals surface area contributed by atoms with Gasteiger partial charge in [-0.15, -0.1) is 0 Å². The number of esters is 3. The number of carbonyl (C=O) groups excluding carboxylic acids is 3. The Morgan fingerprint density at radius 2 is 0.534 bits per heavy atom. The van der Waals surface area contributed by atoms with Crippen LogP contribution in [-0.2, 0) is 28.6 Å². The van der Waals surface area contributed by atoms with Gasteiger partial charge in [-0.25, -0.2) is 0 Å². The van der Waals surface area contributed by atoms with E-state index in [9.17, 15) is 14.4 Å². The van der Waals surface area contributed by atoms with E-state index in [1.54, 1.807) is 0 Å². The average Bonchev–Trinajstić information content (AvgIpc) is 3.39. The quantitative estimate of drug-likeness (QED) is 0.0261. The summed E-state index contributed by atoms with van der Waals surface area (Å²) < 4.78 is 16.9. The van der Waals surface area contributed by atoms with Gasteiger partial charge in [0.05, 0.1) is 0 Å². The molecule has 0 N–H and O–H groups in total. The molecule has 0 aromatic heterocycles. The molecule has 0 saturated carbocycles. The van der Waals surface area contributed by atoms with Crippen LogP contribution in [0.4, 0.5) is 0 Å². The summed E-state index contributed by atoms with van der Waals surface area (Å²) in [6, 6.07) is 0. The van der Waals surface area contributed by atoms with Gasteiger partial charge in [-0.1, -0.05) is 273 Å². The number of carbonyl (C=O) groups is 3. The molecule has 0 fully saturated rings. The molecule has 1 atom stereocenters. The van der Waals surface area contributed by atoms with E-state index in [4.69, 9.17) is 14.2 Å². The zero-order chi connectivity index (χ0) is 52.9. The second-order valence-electron chi connectivity index (χ2n) is 20.6. The van der Waals surface area contributed by atoms with E-state index in [2.05, 4.69) is 106 Å². The molecule has 0 aromatic rings. The minimum atomic E-state index is -0.800. The van der Waals surface area contributed by atoms with Gasteiger partial charge in [-0.2, -0.15) is 0 Å². The molecule has 1 unspecified atom stereocenters. The number of ether oxygens (including phenoxy) is 3. The van der Waals surface area contributed by atoms with Crippen molar-refractivity contribution in [3.05, 3.63) is 85.1 Å². The van der Waals surface area contributed by atoms with E-state index in [-0.39, 0.29) is 37.5 Å². The van der Waals surface area contributed by atoms with Crippen molar-refractivity contribution >= 4 is 17.9 Å². The molecule has 420 valence electrons. The summed E-state index contributed by atoms with van der Waals surface area (Å²) in [5, 5.41) is 0. The number of unbranched alkanes of at least 4 members (excludes halogenated alkanes) is 31. The molecule has 0 rings (SSSR count). The Hall–Kier alpha value is -3.41. The third-order valence-electron chi connectivity index (χ3n) is 13.4. The topological polar surface area (TPSA) is 78.9 Å². The number of hydrogen-bond donors (Lipinski definition) is 0. The van der Waals surface area contributed by atoms with Crippen molar-refractivity contribution in [2.45, 2.75) is 309 Å². The Kier molecular flexibility index (Phi) is 58.3. The highest BCUT2D eigenvalue weighted by molar-refractivity contribution is 5.71. The summed E-state index contributed by atoms with van der Waals surface area (Å²) >= 11 is 0. The zero-order valence-corrected chi connectivity index (χ0v) is 48.1. The minimum absolute atomic E-state index is 0.0924. The summed E-state index contributed by atoms with van der Waals surface area (Å²) in [5.74, 6) is -0.927. The number of allylic oxidation sites excluding steroid dienone is 14. The predicted octanol–water partition coefficient (Wildman–Crippen LogP) is 21.1. The summed E-state index contributed by atoms with van der Waals surface area (Å²) in [6.45, 7) is 6.50. The van der Waals surface area contributed by atoms with Crippen molar-refractivity contribution in [1.82, 2.24) is 0 Å². The van der Waals surface area contributed by atoms with Gasteiger partial charge in [0.15, 0.2) is 6.10 Å². The Morgan fingerprint density at radius 1 is 0.288 bits per heavy atom. The minimum Gasteiger partial charge on any atom is -0.462 e. The Balaban J connectivity index is 4.43. The van der Waals surface area contributed by atoms with Crippen LogP contribution in [0.5, 0.6) is 0 Å². The fourth-order valence-electron chi connectivity index (χ4n) is 8.74. The molecule has 0 aliphatic rings. The first-order valence-electron chi connectivity index (χ1n) is 31.1. The largest absolute Gasteiger partial charge is 0.462 e. The van der Waals surface area contributed by atoms with Gasteiger partial charge >= 0.3 is 17.9 Å². The Labute approximate surface area is 452 Å². The second kappa shape index (κ2) is 61.1. The molecule has 6 nitrogen and oxygen atoms in total. The third kappa shape index (κ3) is 59.3. The Morgan fingerprint density at radius 3 is 0.863 bits per heavy atom. The highest BCUT2D eigenvalue weighted by atomic mass is 16.6. The van der Waals surface area contributed by atoms with Crippen molar-refractivity contribution < 1.29 is 28.6 Å². The van der Waals surface area contributed by atoms with Gasteiger partial charge < -0.3 is 14.2 Å². The highest BCUT2D eigenvalue weighted by Gasteiger charge is 2.19. The molecule has 0 spiro atoms. The maximum Gasteiger partial charge on any atom is 0.306 e. The average molecular weight is 1020 g/mol. The van der Waals surface area contributed by atoms with Crippen LogP contribution < -0.4 is 0 Å². The van der Waals surface area contributed by atoms with Crippen LogP contribution in [0.1, 0.15) is 303 Å². The van der Waals surface area contributed by atoms with E-state index in [1.165, 1.54) is 141 Å². The first-order valence-corrected chi connectivity index (χ1v) is 31.1. The van der Waals surface area contributed by atoms with Crippen LogP contribution in [0.25, 0.3) is 0 Å². The van der Waals surface area contributed by atoms with Gasteiger partial charge in [-0.3, -0.25) is 14.4 Å². The molecule has 0 aliphatic carbocycles. The van der Waals surface area contributed by atoms with E-state index in [0.29, 0.717) is 12.8 Å². The monoisotopic (exact) mass is 1020 g/mol.